The second-order valence-electron chi connectivity index (χ2n) is 4.66. The summed E-state index contributed by atoms with van der Waals surface area (Å²) >= 11 is 0. The Kier molecular flexibility index (Phi) is 3.83. The number of hydrogen-bond acceptors (Lipinski definition) is 2. The van der Waals surface area contributed by atoms with E-state index in [1.165, 1.54) is 0 Å². The van der Waals surface area contributed by atoms with Gasteiger partial charge in [-0.25, -0.2) is 0 Å². The van der Waals surface area contributed by atoms with Crippen LogP contribution < -0.4 is 4.90 Å². The van der Waals surface area contributed by atoms with Gasteiger partial charge in [0.2, 0.25) is 0 Å². The van der Waals surface area contributed by atoms with Gasteiger partial charge >= 0.3 is 0 Å². The SMILES string of the molecule is [2H]C([2H])(COC(c1ccccc1)c1ccnn1C)[NH+](C)C. The highest BCUT2D eigenvalue weighted by Gasteiger charge is 2.18. The molecule has 0 aliphatic rings. The van der Waals surface area contributed by atoms with E-state index in [-0.39, 0.29) is 12.7 Å². The van der Waals surface area contributed by atoms with Gasteiger partial charge < -0.3 is 9.64 Å². The van der Waals surface area contributed by atoms with Crippen LogP contribution >= 0.6 is 0 Å². The summed E-state index contributed by atoms with van der Waals surface area (Å²) in [5.74, 6) is 0. The monoisotopic (exact) mass is 262 g/mol. The number of aryl methyl sites for hydroxylation is 1. The van der Waals surface area contributed by atoms with Gasteiger partial charge in [-0.3, -0.25) is 4.68 Å². The molecule has 0 aliphatic carbocycles. The van der Waals surface area contributed by atoms with E-state index < -0.39 is 6.50 Å². The third-order valence-corrected chi connectivity index (χ3v) is 2.91. The van der Waals surface area contributed by atoms with Crippen molar-refractivity contribution in [3.05, 3.63) is 53.9 Å². The predicted molar refractivity (Wildman–Crippen MR) is 75.1 cm³/mol. The van der Waals surface area contributed by atoms with Crippen LogP contribution in [0.4, 0.5) is 0 Å². The van der Waals surface area contributed by atoms with Gasteiger partial charge in [-0.15, -0.1) is 0 Å². The van der Waals surface area contributed by atoms with Crippen molar-refractivity contribution < 1.29 is 12.4 Å². The molecule has 4 heteroatoms. The molecule has 0 saturated carbocycles. The molecular weight excluding hydrogens is 238 g/mol. The Bertz CT molecular complexity index is 569. The first kappa shape index (κ1) is 11.2. The molecule has 0 amide bonds. The number of aromatic nitrogens is 2. The largest absolute Gasteiger partial charge is 0.361 e. The summed E-state index contributed by atoms with van der Waals surface area (Å²) < 4.78 is 23.7. The summed E-state index contributed by atoms with van der Waals surface area (Å²) in [5.41, 5.74) is 1.90. The number of hydrogen-bond donors (Lipinski definition) is 1. The highest BCUT2D eigenvalue weighted by atomic mass is 16.5. The first-order valence-electron chi connectivity index (χ1n) is 7.37. The van der Waals surface area contributed by atoms with Crippen molar-refractivity contribution in [3.63, 3.8) is 0 Å². The van der Waals surface area contributed by atoms with Gasteiger partial charge in [0.1, 0.15) is 12.6 Å². The van der Waals surface area contributed by atoms with E-state index in [1.807, 2.05) is 43.4 Å². The van der Waals surface area contributed by atoms with E-state index in [0.717, 1.165) is 11.3 Å². The molecule has 0 radical (unpaired) electrons. The molecule has 1 aromatic heterocycles. The smallest absolute Gasteiger partial charge is 0.124 e. The molecule has 1 heterocycles. The third kappa shape index (κ3) is 3.66. The zero-order valence-corrected chi connectivity index (χ0v) is 11.6. The van der Waals surface area contributed by atoms with Gasteiger partial charge in [-0.05, 0) is 11.6 Å². The molecule has 0 aliphatic heterocycles. The molecule has 2 rings (SSSR count). The molecular formula is C15H22N3O+. The predicted octanol–water partition coefficient (Wildman–Crippen LogP) is 0.671. The number of nitrogens with zero attached hydrogens (tertiary/aromatic N) is 2. The van der Waals surface area contributed by atoms with Crippen LogP contribution in [-0.4, -0.2) is 37.0 Å². The lowest BCUT2D eigenvalue weighted by molar-refractivity contribution is -0.858. The van der Waals surface area contributed by atoms with Gasteiger partial charge in [0.15, 0.2) is 0 Å². The number of likely N-dealkylation sites (N-methyl/N-ethyl adjacent to an activating group) is 1. The van der Waals surface area contributed by atoms with Gasteiger partial charge in [0, 0.05) is 13.2 Å². The number of ether oxygens (including phenoxy) is 1. The van der Waals surface area contributed by atoms with Gasteiger partial charge in [-0.1, -0.05) is 30.3 Å². The number of quaternary nitrogens is 1. The highest BCUT2D eigenvalue weighted by molar-refractivity contribution is 5.25. The second-order valence-corrected chi connectivity index (χ2v) is 4.66. The van der Waals surface area contributed by atoms with Crippen molar-refractivity contribution in [2.24, 2.45) is 7.05 Å². The molecule has 4 nitrogen and oxygen atoms in total. The standard InChI is InChI=1S/C15H21N3O/c1-17(2)11-12-19-15(13-7-5-4-6-8-13)14-9-10-16-18(14)3/h4-10,15H,11-12H2,1-3H3/p+1/i11D2. The molecule has 0 spiro atoms. The fraction of sp³-hybridized carbons (Fsp3) is 0.400. The van der Waals surface area contributed by atoms with E-state index in [1.54, 1.807) is 25.0 Å². The van der Waals surface area contributed by atoms with E-state index in [9.17, 15) is 0 Å². The average molecular weight is 262 g/mol. The molecule has 1 N–H and O–H groups in total. The minimum Gasteiger partial charge on any atom is -0.361 e. The minimum atomic E-state index is -1.44. The van der Waals surface area contributed by atoms with Crippen molar-refractivity contribution in [1.29, 1.82) is 0 Å². The molecule has 1 aromatic carbocycles. The Morgan fingerprint density at radius 1 is 1.32 bits per heavy atom. The summed E-state index contributed by atoms with van der Waals surface area (Å²) in [6.45, 7) is -1.42. The van der Waals surface area contributed by atoms with E-state index in [0.29, 0.717) is 4.90 Å². The average Bonchev–Trinajstić information content (AvgIpc) is 2.86. The summed E-state index contributed by atoms with van der Waals surface area (Å²) in [4.78, 5) is 0.708. The van der Waals surface area contributed by atoms with Gasteiger partial charge in [-0.2, -0.15) is 5.10 Å². The lowest BCUT2D eigenvalue weighted by atomic mass is 10.1. The maximum Gasteiger partial charge on any atom is 0.124 e. The molecule has 1 atom stereocenters. The van der Waals surface area contributed by atoms with Crippen LogP contribution in [0, 0.1) is 0 Å². The molecule has 0 fully saturated rings. The maximum absolute atomic E-state index is 8.00. The van der Waals surface area contributed by atoms with Crippen LogP contribution in [0.5, 0.6) is 0 Å². The Labute approximate surface area is 117 Å². The molecule has 0 saturated heterocycles. The van der Waals surface area contributed by atoms with Crippen molar-refractivity contribution >= 4 is 0 Å². The summed E-state index contributed by atoms with van der Waals surface area (Å²) in [5, 5.41) is 4.18. The van der Waals surface area contributed by atoms with Crippen molar-refractivity contribution in [2.75, 3.05) is 27.2 Å². The lowest BCUT2D eigenvalue weighted by Gasteiger charge is -2.19. The normalized spacial score (nSPS) is 15.2. The fourth-order valence-electron chi connectivity index (χ4n) is 1.89. The van der Waals surface area contributed by atoms with Gasteiger partial charge in [0.25, 0.3) is 0 Å². The molecule has 2 aromatic rings. The molecule has 1 unspecified atom stereocenters. The Morgan fingerprint density at radius 3 is 2.63 bits per heavy atom. The van der Waals surface area contributed by atoms with Crippen LogP contribution in [0.1, 0.15) is 20.1 Å². The third-order valence-electron chi connectivity index (χ3n) is 2.91. The summed E-state index contributed by atoms with van der Waals surface area (Å²) in [6, 6.07) is 11.7. The van der Waals surface area contributed by atoms with Crippen LogP contribution in [0.3, 0.4) is 0 Å². The summed E-state index contributed by atoms with van der Waals surface area (Å²) in [7, 11) is 5.43. The van der Waals surface area contributed by atoms with Crippen molar-refractivity contribution in [3.8, 4) is 0 Å². The number of rotatable bonds is 6. The van der Waals surface area contributed by atoms with Crippen LogP contribution in [0.2, 0.25) is 0 Å². The van der Waals surface area contributed by atoms with Crippen LogP contribution in [0.15, 0.2) is 42.6 Å². The van der Waals surface area contributed by atoms with Crippen molar-refractivity contribution in [1.82, 2.24) is 9.78 Å². The summed E-state index contributed by atoms with van der Waals surface area (Å²) in [6.07, 6.45) is 1.40. The van der Waals surface area contributed by atoms with Crippen LogP contribution in [0.25, 0.3) is 0 Å². The Morgan fingerprint density at radius 2 is 2.05 bits per heavy atom. The number of benzene rings is 1. The fourth-order valence-corrected chi connectivity index (χ4v) is 1.89. The quantitative estimate of drug-likeness (QED) is 0.830. The lowest BCUT2D eigenvalue weighted by Crippen LogP contribution is -3.06. The second kappa shape index (κ2) is 6.50. The Hall–Kier alpha value is -1.65. The van der Waals surface area contributed by atoms with Gasteiger partial charge in [0.05, 0.1) is 29.1 Å². The van der Waals surface area contributed by atoms with Crippen LogP contribution in [-0.2, 0) is 11.8 Å². The van der Waals surface area contributed by atoms with E-state index in [2.05, 4.69) is 5.10 Å². The number of nitrogens with one attached hydrogen (secondary N) is 1. The van der Waals surface area contributed by atoms with E-state index in [4.69, 9.17) is 7.48 Å². The zero-order valence-electron chi connectivity index (χ0n) is 13.6. The molecule has 102 valence electrons. The minimum absolute atomic E-state index is 0.0140. The first-order valence-corrected chi connectivity index (χ1v) is 6.37. The van der Waals surface area contributed by atoms with Crippen molar-refractivity contribution in [2.45, 2.75) is 6.10 Å². The molecule has 19 heavy (non-hydrogen) atoms. The highest BCUT2D eigenvalue weighted by Crippen LogP contribution is 2.24. The topological polar surface area (TPSA) is 31.5 Å². The van der Waals surface area contributed by atoms with E-state index >= 15 is 0 Å². The Balaban J connectivity index is 2.24. The first-order chi connectivity index (χ1) is 9.92. The maximum atomic E-state index is 8.00. The molecule has 0 bridgehead atoms. The zero-order chi connectivity index (χ0) is 15.5.